The van der Waals surface area contributed by atoms with Crippen LogP contribution in [0.25, 0.3) is 0 Å². The molecule has 0 radical (unpaired) electrons. The summed E-state index contributed by atoms with van der Waals surface area (Å²) in [5.41, 5.74) is 0.996. The molecule has 1 amide bonds. The monoisotopic (exact) mass is 361 g/mol. The summed E-state index contributed by atoms with van der Waals surface area (Å²) in [6.07, 6.45) is -2.80. The van der Waals surface area contributed by atoms with Crippen LogP contribution in [-0.4, -0.2) is 35.2 Å². The van der Waals surface area contributed by atoms with Gasteiger partial charge in [-0.3, -0.25) is 4.79 Å². The van der Waals surface area contributed by atoms with Crippen molar-refractivity contribution in [3.05, 3.63) is 71.0 Å². The Morgan fingerprint density at radius 1 is 1.19 bits per heavy atom. The molecule has 0 heterocycles. The number of aldehydes is 1. The fraction of sp³-hybridized carbons (Fsp3) is 0.263. The molecule has 0 bridgehead atoms. The van der Waals surface area contributed by atoms with Crippen molar-refractivity contribution in [2.24, 2.45) is 0 Å². The highest BCUT2D eigenvalue weighted by atomic mass is 19.1. The van der Waals surface area contributed by atoms with Crippen molar-refractivity contribution in [1.82, 2.24) is 5.32 Å². The molecule has 6 nitrogen and oxygen atoms in total. The zero-order valence-electron chi connectivity index (χ0n) is 14.0. The number of aliphatic hydroxyl groups excluding tert-OH is 2. The van der Waals surface area contributed by atoms with Gasteiger partial charge < -0.3 is 20.3 Å². The first-order chi connectivity index (χ1) is 12.5. The Labute approximate surface area is 150 Å². The number of rotatable bonds is 8. The second kappa shape index (κ2) is 9.65. The van der Waals surface area contributed by atoms with E-state index in [1.807, 2.05) is 30.3 Å². The lowest BCUT2D eigenvalue weighted by Gasteiger charge is -2.18. The number of benzene rings is 2. The van der Waals surface area contributed by atoms with Gasteiger partial charge in [-0.1, -0.05) is 30.3 Å². The minimum absolute atomic E-state index is 0.0224. The first-order valence-electron chi connectivity index (χ1n) is 8.06. The molecule has 7 heteroatoms. The van der Waals surface area contributed by atoms with Crippen LogP contribution in [0.4, 0.5) is 9.18 Å². The quantitative estimate of drug-likeness (QED) is 0.627. The molecule has 0 saturated heterocycles. The van der Waals surface area contributed by atoms with Crippen molar-refractivity contribution < 1.29 is 28.9 Å². The molecule has 2 aromatic carbocycles. The van der Waals surface area contributed by atoms with Crippen LogP contribution in [0.15, 0.2) is 48.5 Å². The lowest BCUT2D eigenvalue weighted by molar-refractivity contribution is 0.0134. The number of alkyl carbamates (subject to hydrolysis) is 1. The summed E-state index contributed by atoms with van der Waals surface area (Å²) in [5, 5.41) is 22.5. The van der Waals surface area contributed by atoms with E-state index >= 15 is 0 Å². The van der Waals surface area contributed by atoms with Gasteiger partial charge in [0.1, 0.15) is 24.8 Å². The maximum Gasteiger partial charge on any atom is 0.407 e. The highest BCUT2D eigenvalue weighted by Gasteiger charge is 2.19. The van der Waals surface area contributed by atoms with Crippen molar-refractivity contribution in [2.45, 2.75) is 25.2 Å². The Balaban J connectivity index is 1.77. The molecule has 2 atom stereocenters. The van der Waals surface area contributed by atoms with E-state index in [2.05, 4.69) is 5.32 Å². The van der Waals surface area contributed by atoms with Crippen LogP contribution in [0.1, 0.15) is 34.0 Å². The summed E-state index contributed by atoms with van der Waals surface area (Å²) in [6, 6.07) is 12.5. The average Bonchev–Trinajstić information content (AvgIpc) is 2.65. The molecule has 0 aromatic heterocycles. The Kier molecular flexibility index (Phi) is 7.25. The number of hydrogen-bond donors (Lipinski definition) is 3. The van der Waals surface area contributed by atoms with Crippen LogP contribution >= 0.6 is 0 Å². The summed E-state index contributed by atoms with van der Waals surface area (Å²) < 4.78 is 18.4. The van der Waals surface area contributed by atoms with E-state index in [1.54, 1.807) is 0 Å². The zero-order chi connectivity index (χ0) is 18.9. The SMILES string of the molecule is O=Cc1cc(F)cc(C(O)C(O)CCNC(=O)OCc2ccccc2)c1. The van der Waals surface area contributed by atoms with E-state index in [0.717, 1.165) is 17.7 Å². The van der Waals surface area contributed by atoms with Crippen molar-refractivity contribution in [3.8, 4) is 0 Å². The highest BCUT2D eigenvalue weighted by Crippen LogP contribution is 2.21. The molecule has 0 aliphatic heterocycles. The Hall–Kier alpha value is -2.77. The molecule has 3 N–H and O–H groups in total. The molecule has 2 aromatic rings. The molecule has 0 aliphatic carbocycles. The number of ether oxygens (including phenoxy) is 1. The van der Waals surface area contributed by atoms with Crippen LogP contribution in [0.2, 0.25) is 0 Å². The largest absolute Gasteiger partial charge is 0.445 e. The predicted molar refractivity (Wildman–Crippen MR) is 92.0 cm³/mol. The Morgan fingerprint density at radius 3 is 2.62 bits per heavy atom. The molecule has 2 rings (SSSR count). The van der Waals surface area contributed by atoms with E-state index in [9.17, 15) is 24.2 Å². The molecule has 0 fully saturated rings. The number of amides is 1. The maximum atomic E-state index is 13.4. The van der Waals surface area contributed by atoms with Crippen LogP contribution in [-0.2, 0) is 11.3 Å². The van der Waals surface area contributed by atoms with Crippen LogP contribution < -0.4 is 5.32 Å². The molecule has 0 spiro atoms. The summed E-state index contributed by atoms with van der Waals surface area (Å²) in [6.45, 7) is 0.178. The van der Waals surface area contributed by atoms with Gasteiger partial charge in [-0.2, -0.15) is 0 Å². The van der Waals surface area contributed by atoms with Crippen LogP contribution in [0.5, 0.6) is 0 Å². The highest BCUT2D eigenvalue weighted by molar-refractivity contribution is 5.75. The normalized spacial score (nSPS) is 12.9. The van der Waals surface area contributed by atoms with Gasteiger partial charge in [0, 0.05) is 12.1 Å². The minimum Gasteiger partial charge on any atom is -0.445 e. The third kappa shape index (κ3) is 5.94. The topological polar surface area (TPSA) is 95.9 Å². The number of carbonyl (C=O) groups excluding carboxylic acids is 2. The number of nitrogens with one attached hydrogen (secondary N) is 1. The summed E-state index contributed by atoms with van der Waals surface area (Å²) >= 11 is 0. The third-order valence-electron chi connectivity index (χ3n) is 3.71. The zero-order valence-corrected chi connectivity index (χ0v) is 14.0. The first kappa shape index (κ1) is 19.6. The van der Waals surface area contributed by atoms with E-state index in [4.69, 9.17) is 4.74 Å². The van der Waals surface area contributed by atoms with Gasteiger partial charge in [-0.05, 0) is 35.7 Å². The molecular weight excluding hydrogens is 341 g/mol. The molecule has 138 valence electrons. The fourth-order valence-corrected chi connectivity index (χ4v) is 2.35. The van der Waals surface area contributed by atoms with E-state index < -0.39 is 24.1 Å². The first-order valence-corrected chi connectivity index (χ1v) is 8.06. The minimum atomic E-state index is -1.38. The molecule has 26 heavy (non-hydrogen) atoms. The number of carbonyl (C=O) groups is 2. The van der Waals surface area contributed by atoms with Crippen molar-refractivity contribution in [2.75, 3.05) is 6.54 Å². The van der Waals surface area contributed by atoms with E-state index in [-0.39, 0.29) is 30.7 Å². The van der Waals surface area contributed by atoms with Crippen molar-refractivity contribution >= 4 is 12.4 Å². The number of halogens is 1. The second-order valence-electron chi connectivity index (χ2n) is 5.73. The van der Waals surface area contributed by atoms with E-state index in [0.29, 0.717) is 6.29 Å². The lowest BCUT2D eigenvalue weighted by atomic mass is 10.00. The van der Waals surface area contributed by atoms with Gasteiger partial charge in [0.15, 0.2) is 0 Å². The van der Waals surface area contributed by atoms with Gasteiger partial charge in [-0.15, -0.1) is 0 Å². The van der Waals surface area contributed by atoms with Gasteiger partial charge in [-0.25, -0.2) is 9.18 Å². The maximum absolute atomic E-state index is 13.4. The standard InChI is InChI=1S/C19H20FNO5/c20-16-9-14(11-22)8-15(10-16)18(24)17(23)6-7-21-19(25)26-12-13-4-2-1-3-5-13/h1-5,8-11,17-18,23-24H,6-7,12H2,(H,21,25). The summed E-state index contributed by atoms with van der Waals surface area (Å²) in [4.78, 5) is 22.3. The number of hydrogen-bond acceptors (Lipinski definition) is 5. The summed E-state index contributed by atoms with van der Waals surface area (Å²) in [7, 11) is 0. The molecule has 2 unspecified atom stereocenters. The molecular formula is C19H20FNO5. The molecule has 0 aliphatic rings. The summed E-state index contributed by atoms with van der Waals surface area (Å²) in [5.74, 6) is -0.682. The lowest BCUT2D eigenvalue weighted by Crippen LogP contribution is -2.29. The second-order valence-corrected chi connectivity index (χ2v) is 5.73. The van der Waals surface area contributed by atoms with E-state index in [1.165, 1.54) is 6.07 Å². The van der Waals surface area contributed by atoms with Gasteiger partial charge in [0.05, 0.1) is 6.10 Å². The van der Waals surface area contributed by atoms with Gasteiger partial charge >= 0.3 is 6.09 Å². The Bertz CT molecular complexity index is 738. The van der Waals surface area contributed by atoms with Crippen LogP contribution in [0, 0.1) is 5.82 Å². The van der Waals surface area contributed by atoms with Gasteiger partial charge in [0.25, 0.3) is 0 Å². The number of aliphatic hydroxyl groups is 2. The predicted octanol–water partition coefficient (Wildman–Crippen LogP) is 2.35. The van der Waals surface area contributed by atoms with Crippen molar-refractivity contribution in [3.63, 3.8) is 0 Å². The van der Waals surface area contributed by atoms with Gasteiger partial charge in [0.2, 0.25) is 0 Å². The Morgan fingerprint density at radius 2 is 1.92 bits per heavy atom. The average molecular weight is 361 g/mol. The third-order valence-corrected chi connectivity index (χ3v) is 3.71. The molecule has 0 saturated carbocycles. The fourth-order valence-electron chi connectivity index (χ4n) is 2.35. The van der Waals surface area contributed by atoms with Crippen LogP contribution in [0.3, 0.4) is 0 Å². The van der Waals surface area contributed by atoms with Crippen molar-refractivity contribution in [1.29, 1.82) is 0 Å². The smallest absolute Gasteiger partial charge is 0.407 e.